The zero-order valence-electron chi connectivity index (χ0n) is 12.8. The Balaban J connectivity index is 2.33. The summed E-state index contributed by atoms with van der Waals surface area (Å²) in [5, 5.41) is 3.50. The molecule has 0 aromatic carbocycles. The quantitative estimate of drug-likeness (QED) is 0.743. The zero-order chi connectivity index (χ0) is 13.1. The van der Waals surface area contributed by atoms with E-state index in [-0.39, 0.29) is 0 Å². The van der Waals surface area contributed by atoms with Crippen LogP contribution in [0.3, 0.4) is 0 Å². The van der Waals surface area contributed by atoms with E-state index >= 15 is 0 Å². The predicted molar refractivity (Wildman–Crippen MR) is 76.4 cm³/mol. The lowest BCUT2D eigenvalue weighted by Gasteiger charge is -2.47. The smallest absolute Gasteiger partial charge is 0.00331 e. The molecule has 0 aromatic heterocycles. The van der Waals surface area contributed by atoms with E-state index in [1.165, 1.54) is 32.5 Å². The Morgan fingerprint density at radius 1 is 1.06 bits per heavy atom. The molecule has 1 aliphatic rings. The molecule has 0 atom stereocenters. The number of nitrogens with zero attached hydrogens (tertiary/aromatic N) is 1. The van der Waals surface area contributed by atoms with Gasteiger partial charge in [0.05, 0.1) is 0 Å². The van der Waals surface area contributed by atoms with Crippen LogP contribution in [-0.4, -0.2) is 37.1 Å². The third-order valence-electron chi connectivity index (χ3n) is 3.46. The van der Waals surface area contributed by atoms with Crippen molar-refractivity contribution in [1.29, 1.82) is 0 Å². The fourth-order valence-electron chi connectivity index (χ4n) is 3.53. The van der Waals surface area contributed by atoms with Crippen molar-refractivity contribution in [2.75, 3.05) is 26.2 Å². The second kappa shape index (κ2) is 5.71. The summed E-state index contributed by atoms with van der Waals surface area (Å²) in [6, 6.07) is 0.615. The van der Waals surface area contributed by atoms with Crippen molar-refractivity contribution in [2.24, 2.45) is 10.8 Å². The van der Waals surface area contributed by atoms with Crippen LogP contribution in [0.2, 0.25) is 0 Å². The van der Waals surface area contributed by atoms with E-state index in [0.29, 0.717) is 16.9 Å². The molecule has 0 radical (unpaired) electrons. The van der Waals surface area contributed by atoms with Gasteiger partial charge in [-0.15, -0.1) is 0 Å². The Morgan fingerprint density at radius 3 is 2.06 bits per heavy atom. The van der Waals surface area contributed by atoms with Gasteiger partial charge in [0.25, 0.3) is 0 Å². The Bertz CT molecular complexity index is 215. The van der Waals surface area contributed by atoms with Crippen molar-refractivity contribution in [3.63, 3.8) is 0 Å². The monoisotopic (exact) mass is 240 g/mol. The van der Waals surface area contributed by atoms with Crippen LogP contribution in [0.5, 0.6) is 0 Å². The largest absolute Gasteiger partial charge is 0.314 e. The second-order valence-corrected chi connectivity index (χ2v) is 7.68. The van der Waals surface area contributed by atoms with Crippen LogP contribution >= 0.6 is 0 Å². The van der Waals surface area contributed by atoms with Gasteiger partial charge in [0.2, 0.25) is 0 Å². The maximum atomic E-state index is 3.50. The highest BCUT2D eigenvalue weighted by atomic mass is 15.1. The molecule has 1 N–H and O–H groups in total. The Hall–Kier alpha value is -0.0800. The molecule has 1 aliphatic heterocycles. The molecule has 1 heterocycles. The average Bonchev–Trinajstić information content (AvgIpc) is 2.06. The summed E-state index contributed by atoms with van der Waals surface area (Å²) in [4.78, 5) is 2.66. The van der Waals surface area contributed by atoms with Crippen molar-refractivity contribution >= 4 is 0 Å². The van der Waals surface area contributed by atoms with Crippen LogP contribution < -0.4 is 5.32 Å². The topological polar surface area (TPSA) is 15.3 Å². The number of nitrogens with one attached hydrogen (secondary N) is 1. The van der Waals surface area contributed by atoms with Gasteiger partial charge in [0.1, 0.15) is 0 Å². The van der Waals surface area contributed by atoms with E-state index in [1.54, 1.807) is 0 Å². The molecule has 0 unspecified atom stereocenters. The predicted octanol–water partition coefficient (Wildman–Crippen LogP) is 3.13. The Labute approximate surface area is 108 Å². The molecule has 102 valence electrons. The summed E-state index contributed by atoms with van der Waals surface area (Å²) in [6.45, 7) is 19.0. The van der Waals surface area contributed by atoms with E-state index in [9.17, 15) is 0 Å². The minimum atomic E-state index is 0.479. The molecule has 1 fully saturated rings. The minimum Gasteiger partial charge on any atom is -0.314 e. The summed E-state index contributed by atoms with van der Waals surface area (Å²) < 4.78 is 0. The maximum Gasteiger partial charge on any atom is 0.00331 e. The van der Waals surface area contributed by atoms with Crippen LogP contribution in [0.25, 0.3) is 0 Å². The van der Waals surface area contributed by atoms with Crippen LogP contribution in [0.4, 0.5) is 0 Å². The summed E-state index contributed by atoms with van der Waals surface area (Å²) in [5.74, 6) is 0. The summed E-state index contributed by atoms with van der Waals surface area (Å²) >= 11 is 0. The van der Waals surface area contributed by atoms with Gasteiger partial charge in [0.15, 0.2) is 0 Å². The molecule has 2 nitrogen and oxygen atoms in total. The summed E-state index contributed by atoms with van der Waals surface area (Å²) in [7, 11) is 0. The molecule has 0 aliphatic carbocycles. The number of likely N-dealkylation sites (tertiary alicyclic amines) is 1. The van der Waals surface area contributed by atoms with Crippen LogP contribution in [0.15, 0.2) is 0 Å². The molecule has 1 saturated heterocycles. The first kappa shape index (κ1) is 15.0. The first-order valence-electron chi connectivity index (χ1n) is 7.16. The van der Waals surface area contributed by atoms with Gasteiger partial charge in [0, 0.05) is 19.1 Å². The van der Waals surface area contributed by atoms with Gasteiger partial charge in [-0.25, -0.2) is 0 Å². The molecule has 17 heavy (non-hydrogen) atoms. The number of hydrogen-bond acceptors (Lipinski definition) is 2. The van der Waals surface area contributed by atoms with Gasteiger partial charge in [-0.3, -0.25) is 0 Å². The van der Waals surface area contributed by atoms with E-state index in [0.717, 1.165) is 6.54 Å². The van der Waals surface area contributed by atoms with Crippen molar-refractivity contribution in [1.82, 2.24) is 10.2 Å². The molecular formula is C15H32N2. The number of piperidine rings is 1. The lowest BCUT2D eigenvalue weighted by atomic mass is 9.71. The van der Waals surface area contributed by atoms with E-state index in [4.69, 9.17) is 0 Å². The van der Waals surface area contributed by atoms with Crippen LogP contribution in [0.1, 0.15) is 54.4 Å². The van der Waals surface area contributed by atoms with Crippen molar-refractivity contribution in [3.05, 3.63) is 0 Å². The third kappa shape index (κ3) is 5.87. The Kier molecular flexibility index (Phi) is 5.03. The van der Waals surface area contributed by atoms with E-state index < -0.39 is 0 Å². The molecule has 0 saturated carbocycles. The molecular weight excluding hydrogens is 208 g/mol. The zero-order valence-corrected chi connectivity index (χ0v) is 12.8. The van der Waals surface area contributed by atoms with Gasteiger partial charge in [-0.2, -0.15) is 0 Å². The van der Waals surface area contributed by atoms with Gasteiger partial charge in [-0.05, 0) is 36.8 Å². The highest BCUT2D eigenvalue weighted by Crippen LogP contribution is 2.39. The highest BCUT2D eigenvalue weighted by molar-refractivity contribution is 4.89. The average molecular weight is 240 g/mol. The fraction of sp³-hybridized carbons (Fsp3) is 1.00. The molecule has 0 amide bonds. The van der Waals surface area contributed by atoms with Crippen molar-refractivity contribution < 1.29 is 0 Å². The summed E-state index contributed by atoms with van der Waals surface area (Å²) in [6.07, 6.45) is 2.62. The van der Waals surface area contributed by atoms with Gasteiger partial charge < -0.3 is 10.2 Å². The van der Waals surface area contributed by atoms with Crippen molar-refractivity contribution in [2.45, 2.75) is 60.4 Å². The van der Waals surface area contributed by atoms with Crippen molar-refractivity contribution in [3.8, 4) is 0 Å². The minimum absolute atomic E-state index is 0.479. The van der Waals surface area contributed by atoms with E-state index in [2.05, 4.69) is 51.8 Å². The maximum absolute atomic E-state index is 3.50. The second-order valence-electron chi connectivity index (χ2n) is 7.68. The normalized spacial score (nSPS) is 24.2. The fourth-order valence-corrected chi connectivity index (χ4v) is 3.53. The standard InChI is InChI=1S/C15H32N2/c1-13(2)16-8-7-9-17-11-14(3,4)10-15(5,6)12-17/h13,16H,7-12H2,1-6H3. The molecule has 0 bridgehead atoms. The SMILES string of the molecule is CC(C)NCCCN1CC(C)(C)CC(C)(C)C1. The first-order chi connectivity index (χ1) is 7.70. The molecule has 2 heteroatoms. The third-order valence-corrected chi connectivity index (χ3v) is 3.46. The lowest BCUT2D eigenvalue weighted by molar-refractivity contribution is 0.0273. The van der Waals surface area contributed by atoms with Gasteiger partial charge >= 0.3 is 0 Å². The van der Waals surface area contributed by atoms with E-state index in [1.807, 2.05) is 0 Å². The lowest BCUT2D eigenvalue weighted by Crippen LogP contribution is -2.49. The number of rotatable bonds is 5. The van der Waals surface area contributed by atoms with Crippen LogP contribution in [0, 0.1) is 10.8 Å². The first-order valence-corrected chi connectivity index (χ1v) is 7.16. The molecule has 0 spiro atoms. The highest BCUT2D eigenvalue weighted by Gasteiger charge is 2.36. The molecule has 1 rings (SSSR count). The number of hydrogen-bond donors (Lipinski definition) is 1. The Morgan fingerprint density at radius 2 is 1.59 bits per heavy atom. The molecule has 0 aromatic rings. The van der Waals surface area contributed by atoms with Gasteiger partial charge in [-0.1, -0.05) is 41.5 Å². The summed E-state index contributed by atoms with van der Waals surface area (Å²) in [5.41, 5.74) is 0.959. The van der Waals surface area contributed by atoms with Crippen LogP contribution in [-0.2, 0) is 0 Å².